The first-order valence-corrected chi connectivity index (χ1v) is 9.44. The summed E-state index contributed by atoms with van der Waals surface area (Å²) in [5.41, 5.74) is 0. The minimum atomic E-state index is -2.98. The van der Waals surface area contributed by atoms with E-state index in [4.69, 9.17) is 15.8 Å². The van der Waals surface area contributed by atoms with E-state index in [1.165, 1.54) is 0 Å². The second kappa shape index (κ2) is 9.78. The molecular weight excluding hydrogens is 327 g/mol. The molecule has 18 heavy (non-hydrogen) atoms. The van der Waals surface area contributed by atoms with Gasteiger partial charge in [-0.1, -0.05) is 0 Å². The topological polar surface area (TPSA) is 36.9 Å². The quantitative estimate of drug-likeness (QED) is 0.564. The second-order valence-electron chi connectivity index (χ2n) is 4.61. The first-order valence-electron chi connectivity index (χ1n) is 6.81. The average Bonchev–Trinajstić information content (AvgIpc) is 2.37. The van der Waals surface area contributed by atoms with Crippen molar-refractivity contribution >= 4 is 9.05 Å². The Morgan fingerprint density at radius 2 is 1.06 bits per heavy atom. The fourth-order valence-corrected chi connectivity index (χ4v) is 4.50. The predicted octanol–water partition coefficient (Wildman–Crippen LogP) is 3.35. The molecule has 6 heteroatoms. The Labute approximate surface area is 129 Å². The number of rotatable bonds is 10. The molecule has 0 rings (SSSR count). The van der Waals surface area contributed by atoms with Gasteiger partial charge >= 0.3 is 129 Å². The summed E-state index contributed by atoms with van der Waals surface area (Å²) in [5.74, 6) is 0. The van der Waals surface area contributed by atoms with Crippen LogP contribution in [0.1, 0.15) is 60.8 Å². The van der Waals surface area contributed by atoms with Crippen LogP contribution in [-0.4, -0.2) is 27.4 Å². The second-order valence-corrected chi connectivity index (χ2v) is 8.03. The van der Waals surface area contributed by atoms with Crippen molar-refractivity contribution in [2.75, 3.05) is 0 Å². The third-order valence-corrected chi connectivity index (χ3v) is 7.05. The Balaban J connectivity index is 4.81. The van der Waals surface area contributed by atoms with Crippen molar-refractivity contribution in [2.45, 2.75) is 79.1 Å². The summed E-state index contributed by atoms with van der Waals surface area (Å²) in [4.78, 5) is 0. The zero-order chi connectivity index (χ0) is 14.2. The third kappa shape index (κ3) is 6.92. The molecule has 0 N–H and O–H groups in total. The molecule has 107 valence electrons. The van der Waals surface area contributed by atoms with E-state index in [9.17, 15) is 0 Å². The van der Waals surface area contributed by atoms with Crippen molar-refractivity contribution in [1.82, 2.24) is 0 Å². The molecule has 0 saturated heterocycles. The SMILES string of the molecule is CCC(C)O[Si]([O][Zr])(OC(C)CC)OC(C)CC. The predicted molar refractivity (Wildman–Crippen MR) is 69.4 cm³/mol. The van der Waals surface area contributed by atoms with Crippen LogP contribution in [0.15, 0.2) is 0 Å². The van der Waals surface area contributed by atoms with Crippen LogP contribution in [0.5, 0.6) is 0 Å². The van der Waals surface area contributed by atoms with Crippen molar-refractivity contribution < 1.29 is 40.9 Å². The van der Waals surface area contributed by atoms with E-state index in [-0.39, 0.29) is 18.3 Å². The van der Waals surface area contributed by atoms with Crippen LogP contribution in [0.3, 0.4) is 0 Å². The molecule has 0 aliphatic rings. The summed E-state index contributed by atoms with van der Waals surface area (Å²) in [6.45, 7) is 12.3. The van der Waals surface area contributed by atoms with Crippen LogP contribution in [0.2, 0.25) is 0 Å². The number of hydrogen-bond acceptors (Lipinski definition) is 4. The first kappa shape index (κ1) is 18.9. The van der Waals surface area contributed by atoms with Gasteiger partial charge in [-0.15, -0.1) is 0 Å². The van der Waals surface area contributed by atoms with E-state index in [1.807, 2.05) is 20.8 Å². The summed E-state index contributed by atoms with van der Waals surface area (Å²) >= 11 is 0.928. The minimum absolute atomic E-state index is 0.0882. The van der Waals surface area contributed by atoms with Crippen molar-refractivity contribution in [3.63, 3.8) is 0 Å². The summed E-state index contributed by atoms with van der Waals surface area (Å²) in [5, 5.41) is 0. The molecule has 0 radical (unpaired) electrons. The van der Waals surface area contributed by atoms with E-state index in [2.05, 4.69) is 20.8 Å². The van der Waals surface area contributed by atoms with Gasteiger partial charge in [0.25, 0.3) is 0 Å². The molecular formula is C12H27O4SiZr. The van der Waals surface area contributed by atoms with E-state index in [0.717, 1.165) is 44.4 Å². The van der Waals surface area contributed by atoms with Gasteiger partial charge in [-0.3, -0.25) is 0 Å². The molecule has 0 aromatic heterocycles. The molecule has 4 nitrogen and oxygen atoms in total. The van der Waals surface area contributed by atoms with Crippen molar-refractivity contribution in [3.8, 4) is 0 Å². The molecule has 0 fully saturated rings. The number of hydrogen-bond donors (Lipinski definition) is 0. The molecule has 3 atom stereocenters. The van der Waals surface area contributed by atoms with Crippen LogP contribution >= 0.6 is 0 Å². The zero-order valence-corrected chi connectivity index (χ0v) is 15.9. The molecule has 0 spiro atoms. The van der Waals surface area contributed by atoms with E-state index in [1.54, 1.807) is 0 Å². The van der Waals surface area contributed by atoms with Crippen molar-refractivity contribution in [1.29, 1.82) is 0 Å². The Bertz CT molecular complexity index is 187. The van der Waals surface area contributed by atoms with Gasteiger partial charge in [0.05, 0.1) is 0 Å². The Kier molecular flexibility index (Phi) is 10.3. The zero-order valence-electron chi connectivity index (χ0n) is 12.5. The van der Waals surface area contributed by atoms with Crippen LogP contribution in [0.4, 0.5) is 0 Å². The van der Waals surface area contributed by atoms with E-state index in [0.29, 0.717) is 0 Å². The fourth-order valence-electron chi connectivity index (χ4n) is 1.14. The first-order chi connectivity index (χ1) is 8.42. The van der Waals surface area contributed by atoms with E-state index < -0.39 is 9.05 Å². The standard InChI is InChI=1S/C12H27O4Si.Zr/c1-7-10(4)14-17(13,15-11(5)8-2)16-12(6)9-3;/h10-12H,7-9H2,1-6H3;/q-1;+1. The van der Waals surface area contributed by atoms with Crippen LogP contribution in [0, 0.1) is 0 Å². The maximum atomic E-state index is 5.98. The maximum absolute atomic E-state index is 5.98. The van der Waals surface area contributed by atoms with Gasteiger partial charge in [0.1, 0.15) is 0 Å². The molecule has 0 heterocycles. The Hall–Kier alpha value is 0.940. The molecule has 3 unspecified atom stereocenters. The van der Waals surface area contributed by atoms with Gasteiger partial charge in [0.15, 0.2) is 0 Å². The van der Waals surface area contributed by atoms with Crippen molar-refractivity contribution in [3.05, 3.63) is 0 Å². The normalized spacial score (nSPS) is 20.1. The molecule has 0 aliphatic heterocycles. The Morgan fingerprint density at radius 1 is 0.778 bits per heavy atom. The Morgan fingerprint density at radius 3 is 1.22 bits per heavy atom. The molecule has 0 aromatic carbocycles. The van der Waals surface area contributed by atoms with Gasteiger partial charge < -0.3 is 0 Å². The van der Waals surface area contributed by atoms with Gasteiger partial charge in [-0.25, -0.2) is 0 Å². The fraction of sp³-hybridized carbons (Fsp3) is 1.00. The van der Waals surface area contributed by atoms with Crippen LogP contribution < -0.4 is 0 Å². The molecule has 0 saturated carbocycles. The van der Waals surface area contributed by atoms with E-state index >= 15 is 0 Å². The summed E-state index contributed by atoms with van der Waals surface area (Å²) in [6.07, 6.45) is 3.02. The molecule has 0 aromatic rings. The summed E-state index contributed by atoms with van der Waals surface area (Å²) in [7, 11) is -2.98. The monoisotopic (exact) mass is 353 g/mol. The van der Waals surface area contributed by atoms with Crippen LogP contribution in [0.25, 0.3) is 0 Å². The molecule has 0 aliphatic carbocycles. The van der Waals surface area contributed by atoms with Gasteiger partial charge in [-0.05, 0) is 0 Å². The van der Waals surface area contributed by atoms with Gasteiger partial charge in [0.2, 0.25) is 0 Å². The molecule has 0 bridgehead atoms. The van der Waals surface area contributed by atoms with Gasteiger partial charge in [-0.2, -0.15) is 0 Å². The van der Waals surface area contributed by atoms with Gasteiger partial charge in [0, 0.05) is 0 Å². The van der Waals surface area contributed by atoms with Crippen molar-refractivity contribution in [2.24, 2.45) is 0 Å². The van der Waals surface area contributed by atoms with Crippen LogP contribution in [-0.2, 0) is 40.9 Å². The summed E-state index contributed by atoms with van der Waals surface area (Å²) in [6, 6.07) is 0. The average molecular weight is 355 g/mol. The third-order valence-electron chi connectivity index (χ3n) is 2.89. The molecule has 0 amide bonds. The summed E-state index contributed by atoms with van der Waals surface area (Å²) < 4.78 is 23.5.